The Balaban J connectivity index is 1.99. The highest BCUT2D eigenvalue weighted by Crippen LogP contribution is 2.18. The van der Waals surface area contributed by atoms with Crippen molar-refractivity contribution in [1.29, 1.82) is 5.26 Å². The summed E-state index contributed by atoms with van der Waals surface area (Å²) in [6.07, 6.45) is -1.68. The van der Waals surface area contributed by atoms with Crippen molar-refractivity contribution in [3.63, 3.8) is 0 Å². The van der Waals surface area contributed by atoms with Gasteiger partial charge in [0.05, 0.1) is 6.07 Å². The smallest absolute Gasteiger partial charge is 0.239 e. The van der Waals surface area contributed by atoms with Gasteiger partial charge >= 0.3 is 0 Å². The Morgan fingerprint density at radius 2 is 2.17 bits per heavy atom. The summed E-state index contributed by atoms with van der Waals surface area (Å²) < 4.78 is 23.4. The first kappa shape index (κ1) is 9.40. The first-order valence-electron chi connectivity index (χ1n) is 4.10. The fourth-order valence-corrected chi connectivity index (χ4v) is 1.40. The van der Waals surface area contributed by atoms with Crippen molar-refractivity contribution >= 4 is 0 Å². The molecule has 0 spiro atoms. The summed E-state index contributed by atoms with van der Waals surface area (Å²) in [4.78, 5) is 1.97. The molecule has 0 aromatic heterocycles. The molecule has 1 aliphatic rings. The fraction of sp³-hybridized carbons (Fsp3) is 0.875. The Hall–Kier alpha value is -0.690. The lowest BCUT2D eigenvalue weighted by Gasteiger charge is -2.38. The molecule has 0 unspecified atom stereocenters. The van der Waals surface area contributed by atoms with E-state index < -0.39 is 6.43 Å². The van der Waals surface area contributed by atoms with Gasteiger partial charge in [-0.3, -0.25) is 0 Å². The highest BCUT2D eigenvalue weighted by molar-refractivity contribution is 4.86. The maximum absolute atomic E-state index is 11.7. The largest absolute Gasteiger partial charge is 0.302 e. The van der Waals surface area contributed by atoms with E-state index in [4.69, 9.17) is 5.26 Å². The normalized spacial score (nSPS) is 19.2. The van der Waals surface area contributed by atoms with Crippen LogP contribution < -0.4 is 0 Å². The molecule has 0 amide bonds. The molecule has 1 saturated heterocycles. The lowest BCUT2D eigenvalue weighted by molar-refractivity contribution is 0.0642. The Morgan fingerprint density at radius 3 is 2.67 bits per heavy atom. The Morgan fingerprint density at radius 1 is 1.50 bits per heavy atom. The number of nitrogens with zero attached hydrogens (tertiary/aromatic N) is 2. The number of alkyl halides is 2. The van der Waals surface area contributed by atoms with Gasteiger partial charge in [0.1, 0.15) is 0 Å². The van der Waals surface area contributed by atoms with Crippen LogP contribution in [-0.4, -0.2) is 31.0 Å². The number of hydrogen-bond acceptors (Lipinski definition) is 2. The summed E-state index contributed by atoms with van der Waals surface area (Å²) in [5.74, 6) is 0.424. The summed E-state index contributed by atoms with van der Waals surface area (Å²) in [5.41, 5.74) is 0. The van der Waals surface area contributed by atoms with Crippen molar-refractivity contribution in [2.75, 3.05) is 19.6 Å². The van der Waals surface area contributed by atoms with Crippen LogP contribution in [0.2, 0.25) is 0 Å². The van der Waals surface area contributed by atoms with Crippen molar-refractivity contribution < 1.29 is 8.78 Å². The Kier molecular flexibility index (Phi) is 3.42. The van der Waals surface area contributed by atoms with Crippen molar-refractivity contribution in [2.45, 2.75) is 19.3 Å². The summed E-state index contributed by atoms with van der Waals surface area (Å²) >= 11 is 0. The van der Waals surface area contributed by atoms with Gasteiger partial charge in [0.25, 0.3) is 0 Å². The van der Waals surface area contributed by atoms with Crippen LogP contribution in [0.1, 0.15) is 12.8 Å². The fourth-order valence-electron chi connectivity index (χ4n) is 1.40. The second-order valence-corrected chi connectivity index (χ2v) is 3.17. The molecule has 1 fully saturated rings. The van der Waals surface area contributed by atoms with E-state index in [0.717, 1.165) is 13.1 Å². The minimum atomic E-state index is -2.19. The molecule has 1 rings (SSSR count). The van der Waals surface area contributed by atoms with Crippen molar-refractivity contribution in [3.8, 4) is 6.07 Å². The van der Waals surface area contributed by atoms with Gasteiger partial charge in [-0.15, -0.1) is 0 Å². The monoisotopic (exact) mass is 174 g/mol. The third-order valence-corrected chi connectivity index (χ3v) is 2.08. The van der Waals surface area contributed by atoms with Crippen LogP contribution >= 0.6 is 0 Å². The molecule has 1 heterocycles. The molecule has 2 nitrogen and oxygen atoms in total. The van der Waals surface area contributed by atoms with E-state index in [9.17, 15) is 8.78 Å². The van der Waals surface area contributed by atoms with Gasteiger partial charge in [-0.05, 0) is 5.92 Å². The molecule has 4 heteroatoms. The van der Waals surface area contributed by atoms with Gasteiger partial charge in [0.15, 0.2) is 0 Å². The zero-order valence-corrected chi connectivity index (χ0v) is 6.84. The zero-order valence-electron chi connectivity index (χ0n) is 6.84. The number of rotatable bonds is 4. The van der Waals surface area contributed by atoms with Gasteiger partial charge in [0.2, 0.25) is 6.43 Å². The second kappa shape index (κ2) is 4.36. The van der Waals surface area contributed by atoms with Crippen molar-refractivity contribution in [3.05, 3.63) is 0 Å². The summed E-state index contributed by atoms with van der Waals surface area (Å²) in [7, 11) is 0. The van der Waals surface area contributed by atoms with E-state index in [2.05, 4.69) is 6.07 Å². The van der Waals surface area contributed by atoms with Crippen LogP contribution in [0.5, 0.6) is 0 Å². The first-order valence-corrected chi connectivity index (χ1v) is 4.10. The maximum atomic E-state index is 11.7. The van der Waals surface area contributed by atoms with E-state index in [-0.39, 0.29) is 6.42 Å². The molecular formula is C8H12F2N2. The minimum Gasteiger partial charge on any atom is -0.302 e. The topological polar surface area (TPSA) is 27.0 Å². The van der Waals surface area contributed by atoms with Crippen molar-refractivity contribution in [2.24, 2.45) is 5.92 Å². The Bertz CT molecular complexity index is 170. The van der Waals surface area contributed by atoms with Crippen LogP contribution in [0.4, 0.5) is 8.78 Å². The molecule has 0 N–H and O–H groups in total. The minimum absolute atomic E-state index is 0.0424. The van der Waals surface area contributed by atoms with Crippen LogP contribution in [0.15, 0.2) is 0 Å². The zero-order chi connectivity index (χ0) is 8.97. The molecular weight excluding hydrogens is 162 g/mol. The van der Waals surface area contributed by atoms with E-state index in [1.54, 1.807) is 0 Å². The molecule has 12 heavy (non-hydrogen) atoms. The third kappa shape index (κ3) is 2.74. The number of nitriles is 1. The Labute approximate surface area is 70.8 Å². The average Bonchev–Trinajstić information content (AvgIpc) is 1.93. The van der Waals surface area contributed by atoms with Crippen LogP contribution in [0, 0.1) is 17.2 Å². The molecule has 0 aromatic rings. The van der Waals surface area contributed by atoms with Gasteiger partial charge in [-0.1, -0.05) is 0 Å². The first-order chi connectivity index (χ1) is 5.72. The quantitative estimate of drug-likeness (QED) is 0.645. The molecule has 0 saturated carbocycles. The molecule has 0 aromatic carbocycles. The third-order valence-electron chi connectivity index (χ3n) is 2.08. The SMILES string of the molecule is N#CCC1CN(CCC(F)F)C1. The van der Waals surface area contributed by atoms with E-state index >= 15 is 0 Å². The van der Waals surface area contributed by atoms with E-state index in [0.29, 0.717) is 18.9 Å². The van der Waals surface area contributed by atoms with Gasteiger partial charge in [0, 0.05) is 32.5 Å². The van der Waals surface area contributed by atoms with Crippen LogP contribution in [-0.2, 0) is 0 Å². The lowest BCUT2D eigenvalue weighted by Crippen LogP contribution is -2.47. The molecule has 0 aliphatic carbocycles. The average molecular weight is 174 g/mol. The number of likely N-dealkylation sites (tertiary alicyclic amines) is 1. The highest BCUT2D eigenvalue weighted by atomic mass is 19.3. The summed E-state index contributed by atoms with van der Waals surface area (Å²) in [5, 5.41) is 8.32. The van der Waals surface area contributed by atoms with Crippen LogP contribution in [0.25, 0.3) is 0 Å². The summed E-state index contributed by atoms with van der Waals surface area (Å²) in [6.45, 7) is 2.11. The van der Waals surface area contributed by atoms with E-state index in [1.807, 2.05) is 4.90 Å². The molecule has 68 valence electrons. The molecule has 0 radical (unpaired) electrons. The number of hydrogen-bond donors (Lipinski definition) is 0. The summed E-state index contributed by atoms with van der Waals surface area (Å²) in [6, 6.07) is 2.08. The maximum Gasteiger partial charge on any atom is 0.239 e. The van der Waals surface area contributed by atoms with Gasteiger partial charge in [-0.25, -0.2) is 8.78 Å². The molecule has 0 atom stereocenters. The highest BCUT2D eigenvalue weighted by Gasteiger charge is 2.26. The number of halogens is 2. The van der Waals surface area contributed by atoms with Crippen molar-refractivity contribution in [1.82, 2.24) is 4.90 Å². The predicted octanol–water partition coefficient (Wildman–Crippen LogP) is 1.49. The van der Waals surface area contributed by atoms with Crippen LogP contribution in [0.3, 0.4) is 0 Å². The molecule has 1 aliphatic heterocycles. The van der Waals surface area contributed by atoms with Gasteiger partial charge in [-0.2, -0.15) is 5.26 Å². The van der Waals surface area contributed by atoms with Gasteiger partial charge < -0.3 is 4.90 Å². The lowest BCUT2D eigenvalue weighted by atomic mass is 9.97. The van der Waals surface area contributed by atoms with E-state index in [1.165, 1.54) is 0 Å². The molecule has 0 bridgehead atoms. The standard InChI is InChI=1S/C8H12F2N2/c9-8(10)2-4-12-5-7(6-12)1-3-11/h7-8H,1-2,4-6H2. The second-order valence-electron chi connectivity index (χ2n) is 3.17. The predicted molar refractivity (Wildman–Crippen MR) is 40.8 cm³/mol.